The minimum Gasteiger partial charge on any atom is -0.283 e. The van der Waals surface area contributed by atoms with E-state index in [1.165, 1.54) is 16.9 Å². The summed E-state index contributed by atoms with van der Waals surface area (Å²) in [6.45, 7) is 11.0. The van der Waals surface area contributed by atoms with E-state index < -0.39 is 0 Å². The number of nitrogens with zero attached hydrogens (tertiary/aromatic N) is 1. The highest BCUT2D eigenvalue weighted by Crippen LogP contribution is 2.31. The van der Waals surface area contributed by atoms with Crippen molar-refractivity contribution in [2.45, 2.75) is 53.0 Å². The topological polar surface area (TPSA) is 12.4 Å². The molecule has 12 heavy (non-hydrogen) atoms. The van der Waals surface area contributed by atoms with Gasteiger partial charge in [-0.3, -0.25) is 4.99 Å². The summed E-state index contributed by atoms with van der Waals surface area (Å²) < 4.78 is 0. The van der Waals surface area contributed by atoms with Gasteiger partial charge in [-0.05, 0) is 46.1 Å². The molecule has 0 radical (unpaired) electrons. The third-order valence-electron chi connectivity index (χ3n) is 2.33. The van der Waals surface area contributed by atoms with Crippen molar-refractivity contribution in [3.8, 4) is 0 Å². The maximum absolute atomic E-state index is 4.70. The van der Waals surface area contributed by atoms with Gasteiger partial charge in [-0.25, -0.2) is 0 Å². The van der Waals surface area contributed by atoms with Crippen molar-refractivity contribution >= 4 is 5.71 Å². The Kier molecular flexibility index (Phi) is 2.41. The molecule has 68 valence electrons. The van der Waals surface area contributed by atoms with E-state index in [-0.39, 0.29) is 5.54 Å². The minimum atomic E-state index is 0.151. The van der Waals surface area contributed by atoms with Crippen molar-refractivity contribution in [3.63, 3.8) is 0 Å². The van der Waals surface area contributed by atoms with Gasteiger partial charge >= 0.3 is 0 Å². The zero-order valence-electron chi connectivity index (χ0n) is 8.86. The van der Waals surface area contributed by atoms with Gasteiger partial charge < -0.3 is 0 Å². The first-order valence-corrected chi connectivity index (χ1v) is 4.71. The Balaban J connectivity index is 3.01. The molecule has 1 heterocycles. The predicted octanol–water partition coefficient (Wildman–Crippen LogP) is 3.36. The summed E-state index contributed by atoms with van der Waals surface area (Å²) >= 11 is 0. The Bertz CT molecular complexity index is 240. The molecule has 0 atom stereocenters. The number of hydrogen-bond donors (Lipinski definition) is 0. The summed E-state index contributed by atoms with van der Waals surface area (Å²) in [6.07, 6.45) is 2.20. The highest BCUT2D eigenvalue weighted by Gasteiger charge is 2.28. The van der Waals surface area contributed by atoms with E-state index in [1.54, 1.807) is 0 Å². The molecule has 1 rings (SSSR count). The van der Waals surface area contributed by atoms with E-state index in [4.69, 9.17) is 4.99 Å². The van der Waals surface area contributed by atoms with Crippen molar-refractivity contribution in [1.29, 1.82) is 0 Å². The summed E-state index contributed by atoms with van der Waals surface area (Å²) in [5.74, 6) is 0. The summed E-state index contributed by atoms with van der Waals surface area (Å²) in [5.41, 5.74) is 4.39. The first-order chi connectivity index (χ1) is 5.46. The van der Waals surface area contributed by atoms with E-state index in [1.807, 2.05) is 0 Å². The van der Waals surface area contributed by atoms with Crippen LogP contribution in [0.1, 0.15) is 47.5 Å². The average Bonchev–Trinajstić information content (AvgIpc) is 2.25. The second-order valence-corrected chi connectivity index (χ2v) is 4.38. The van der Waals surface area contributed by atoms with Gasteiger partial charge in [-0.2, -0.15) is 0 Å². The molecule has 0 saturated carbocycles. The van der Waals surface area contributed by atoms with Gasteiger partial charge in [-0.1, -0.05) is 12.5 Å². The second kappa shape index (κ2) is 3.04. The van der Waals surface area contributed by atoms with E-state index in [0.29, 0.717) is 0 Å². The van der Waals surface area contributed by atoms with Gasteiger partial charge in [0.15, 0.2) is 0 Å². The van der Waals surface area contributed by atoms with Crippen molar-refractivity contribution < 1.29 is 0 Å². The van der Waals surface area contributed by atoms with Gasteiger partial charge in [0.05, 0.1) is 5.54 Å². The van der Waals surface area contributed by atoms with Gasteiger partial charge in [0.2, 0.25) is 0 Å². The summed E-state index contributed by atoms with van der Waals surface area (Å²) in [6, 6.07) is 0. The standard InChI is InChI=1S/C11H19N/c1-6-10-9(8(2)3)7-11(4,5)12-10/h6-7H2,1-5H3. The molecule has 0 unspecified atom stereocenters. The van der Waals surface area contributed by atoms with Crippen LogP contribution in [0.4, 0.5) is 0 Å². The monoisotopic (exact) mass is 165 g/mol. The Labute approximate surface area is 75.6 Å². The zero-order valence-corrected chi connectivity index (χ0v) is 8.86. The lowest BCUT2D eigenvalue weighted by molar-refractivity contribution is 0.545. The predicted molar refractivity (Wildman–Crippen MR) is 54.8 cm³/mol. The van der Waals surface area contributed by atoms with E-state index in [0.717, 1.165) is 12.8 Å². The molecule has 0 saturated heterocycles. The number of hydrogen-bond acceptors (Lipinski definition) is 1. The highest BCUT2D eigenvalue weighted by molar-refractivity contribution is 6.02. The maximum atomic E-state index is 4.70. The lowest BCUT2D eigenvalue weighted by Gasteiger charge is -2.12. The fourth-order valence-electron chi connectivity index (χ4n) is 1.76. The zero-order chi connectivity index (χ0) is 9.35. The molecule has 0 spiro atoms. The van der Waals surface area contributed by atoms with Crippen LogP contribution in [0.25, 0.3) is 0 Å². The molecule has 1 nitrogen and oxygen atoms in total. The number of aliphatic imine (C=N–C) groups is 1. The molecule has 0 aliphatic carbocycles. The van der Waals surface area contributed by atoms with Gasteiger partial charge in [-0.15, -0.1) is 0 Å². The van der Waals surface area contributed by atoms with Gasteiger partial charge in [0.1, 0.15) is 0 Å². The summed E-state index contributed by atoms with van der Waals surface area (Å²) in [4.78, 5) is 4.70. The molecular formula is C11H19N. The first kappa shape index (κ1) is 9.50. The Morgan fingerprint density at radius 3 is 2.33 bits per heavy atom. The van der Waals surface area contributed by atoms with Crippen LogP contribution >= 0.6 is 0 Å². The largest absolute Gasteiger partial charge is 0.283 e. The average molecular weight is 165 g/mol. The van der Waals surface area contributed by atoms with Crippen LogP contribution in [0.2, 0.25) is 0 Å². The molecule has 1 aliphatic rings. The fraction of sp³-hybridized carbons (Fsp3) is 0.727. The van der Waals surface area contributed by atoms with Crippen LogP contribution in [-0.2, 0) is 0 Å². The smallest absolute Gasteiger partial charge is 0.0596 e. The van der Waals surface area contributed by atoms with Crippen LogP contribution in [0.15, 0.2) is 16.1 Å². The van der Waals surface area contributed by atoms with E-state index >= 15 is 0 Å². The maximum Gasteiger partial charge on any atom is 0.0596 e. The Hall–Kier alpha value is -0.590. The number of allylic oxidation sites excluding steroid dienone is 1. The molecule has 1 heteroatoms. The molecule has 0 bridgehead atoms. The molecule has 0 aromatic carbocycles. The number of rotatable bonds is 1. The third kappa shape index (κ3) is 1.77. The van der Waals surface area contributed by atoms with Crippen molar-refractivity contribution in [2.24, 2.45) is 4.99 Å². The molecule has 0 amide bonds. The normalized spacial score (nSPS) is 21.1. The molecule has 1 aliphatic heterocycles. The van der Waals surface area contributed by atoms with Crippen molar-refractivity contribution in [2.75, 3.05) is 0 Å². The Morgan fingerprint density at radius 2 is 2.00 bits per heavy atom. The van der Waals surface area contributed by atoms with Crippen LogP contribution < -0.4 is 0 Å². The fourth-order valence-corrected chi connectivity index (χ4v) is 1.76. The molecule has 0 N–H and O–H groups in total. The van der Waals surface area contributed by atoms with Crippen LogP contribution in [-0.4, -0.2) is 11.3 Å². The Morgan fingerprint density at radius 1 is 1.42 bits per heavy atom. The van der Waals surface area contributed by atoms with Crippen LogP contribution in [0.5, 0.6) is 0 Å². The SMILES string of the molecule is CCC1=NC(C)(C)CC1=C(C)C. The summed E-state index contributed by atoms with van der Waals surface area (Å²) in [5, 5.41) is 0. The van der Waals surface area contributed by atoms with Gasteiger partial charge in [0, 0.05) is 5.71 Å². The lowest BCUT2D eigenvalue weighted by atomic mass is 9.95. The third-order valence-corrected chi connectivity index (χ3v) is 2.33. The van der Waals surface area contributed by atoms with Crippen LogP contribution in [0.3, 0.4) is 0 Å². The first-order valence-electron chi connectivity index (χ1n) is 4.71. The van der Waals surface area contributed by atoms with E-state index in [9.17, 15) is 0 Å². The lowest BCUT2D eigenvalue weighted by Crippen LogP contribution is -2.11. The highest BCUT2D eigenvalue weighted by atomic mass is 14.9. The van der Waals surface area contributed by atoms with Gasteiger partial charge in [0.25, 0.3) is 0 Å². The molecule has 0 fully saturated rings. The van der Waals surface area contributed by atoms with E-state index in [2.05, 4.69) is 34.6 Å². The molecule has 0 aromatic rings. The summed E-state index contributed by atoms with van der Waals surface area (Å²) in [7, 11) is 0. The molecular weight excluding hydrogens is 146 g/mol. The minimum absolute atomic E-state index is 0.151. The van der Waals surface area contributed by atoms with Crippen LogP contribution in [0, 0.1) is 0 Å². The van der Waals surface area contributed by atoms with Crippen molar-refractivity contribution in [1.82, 2.24) is 0 Å². The van der Waals surface area contributed by atoms with Crippen molar-refractivity contribution in [3.05, 3.63) is 11.1 Å². The molecule has 0 aromatic heterocycles. The quantitative estimate of drug-likeness (QED) is 0.565. The second-order valence-electron chi connectivity index (χ2n) is 4.38.